The quantitative estimate of drug-likeness (QED) is 0.106. The van der Waals surface area contributed by atoms with E-state index in [0.29, 0.717) is 88.9 Å². The summed E-state index contributed by atoms with van der Waals surface area (Å²) in [6.07, 6.45) is 2.03. The molecule has 1 aliphatic rings. The number of ether oxygens (including phenoxy) is 8. The van der Waals surface area contributed by atoms with Crippen LogP contribution in [0.2, 0.25) is 0 Å². The molecule has 0 bridgehead atoms. The Morgan fingerprint density at radius 2 is 1.00 bits per heavy atom. The van der Waals surface area contributed by atoms with Gasteiger partial charge in [-0.15, -0.1) is 0 Å². The Labute approximate surface area is 244 Å². The third kappa shape index (κ3) is 12.3. The lowest BCUT2D eigenvalue weighted by Crippen LogP contribution is -3.00. The Hall–Kier alpha value is -3.27. The number of hydrogen-bond acceptors (Lipinski definition) is 9. The van der Waals surface area contributed by atoms with Crippen molar-refractivity contribution in [2.24, 2.45) is 0 Å². The summed E-state index contributed by atoms with van der Waals surface area (Å²) in [7, 11) is 2.94. The van der Waals surface area contributed by atoms with E-state index in [2.05, 4.69) is 9.48 Å². The molecule has 236 valence electrons. The summed E-state index contributed by atoms with van der Waals surface area (Å²) in [5.74, 6) is 2.86. The van der Waals surface area contributed by atoms with E-state index >= 15 is 0 Å². The van der Waals surface area contributed by atoms with Crippen molar-refractivity contribution in [3.8, 4) is 23.0 Å². The fourth-order valence-electron chi connectivity index (χ4n) is 3.81. The first kappa shape index (κ1) is 36.8. The van der Waals surface area contributed by atoms with Gasteiger partial charge in [0.1, 0.15) is 39.5 Å². The zero-order chi connectivity index (χ0) is 29.9. The van der Waals surface area contributed by atoms with Crippen LogP contribution in [0.4, 0.5) is 24.3 Å². The Morgan fingerprint density at radius 3 is 1.38 bits per heavy atom. The van der Waals surface area contributed by atoms with Gasteiger partial charge in [-0.2, -0.15) is 0 Å². The van der Waals surface area contributed by atoms with Gasteiger partial charge in [-0.25, -0.2) is 9.48 Å². The molecule has 0 saturated carbocycles. The van der Waals surface area contributed by atoms with Crippen LogP contribution >= 0.6 is 0 Å². The standard InChI is InChI=1S/C27H39N2O8.BF3.FH/c1-30-13-17-34-22-7-5-8-23(35-18-14-31-2)26(22)28-11-12-29(21-28)27-24(36-19-15-32-3)9-6-10-25(27)37-20-16-33-4;2-1(3)4;/h5-10,21H,11-20H2,1-4H3;;1H/q+1;;/p-1. The van der Waals surface area contributed by atoms with Gasteiger partial charge in [0.2, 0.25) is 17.7 Å². The lowest BCUT2D eigenvalue weighted by molar-refractivity contribution is -0.425. The van der Waals surface area contributed by atoms with E-state index in [1.54, 1.807) is 28.4 Å². The van der Waals surface area contributed by atoms with E-state index in [0.717, 1.165) is 11.4 Å². The summed E-state index contributed by atoms with van der Waals surface area (Å²) in [6.45, 7) is 5.05. The zero-order valence-corrected chi connectivity index (χ0v) is 24.4. The van der Waals surface area contributed by atoms with Gasteiger partial charge in [0.15, 0.2) is 23.0 Å². The third-order valence-electron chi connectivity index (χ3n) is 5.54. The van der Waals surface area contributed by atoms with E-state index < -0.39 is 7.54 Å². The van der Waals surface area contributed by atoms with Crippen molar-refractivity contribution in [2.45, 2.75) is 0 Å². The number of rotatable bonds is 18. The molecular formula is C27H39BF4N2O8. The van der Waals surface area contributed by atoms with Crippen LogP contribution in [0.5, 0.6) is 23.0 Å². The molecule has 0 fully saturated rings. The topological polar surface area (TPSA) is 80.1 Å². The predicted octanol–water partition coefficient (Wildman–Crippen LogP) is 0.864. The van der Waals surface area contributed by atoms with Crippen molar-refractivity contribution >= 4 is 25.3 Å². The highest BCUT2D eigenvalue weighted by atomic mass is 19.4. The van der Waals surface area contributed by atoms with Gasteiger partial charge in [0.25, 0.3) is 0 Å². The number of methoxy groups -OCH3 is 4. The Bertz CT molecular complexity index is 996. The van der Waals surface area contributed by atoms with Crippen LogP contribution in [0.25, 0.3) is 0 Å². The van der Waals surface area contributed by atoms with Crippen molar-refractivity contribution in [1.29, 1.82) is 0 Å². The fourth-order valence-corrected chi connectivity index (χ4v) is 3.81. The molecule has 1 heterocycles. The minimum absolute atomic E-state index is 0. The Kier molecular flexibility index (Phi) is 18.8. The summed E-state index contributed by atoms with van der Waals surface area (Å²) >= 11 is 0. The zero-order valence-electron chi connectivity index (χ0n) is 24.4. The number of anilines is 1. The molecule has 0 atom stereocenters. The normalized spacial score (nSPS) is 12.1. The molecule has 0 amide bonds. The molecule has 15 heteroatoms. The maximum Gasteiger partial charge on any atom is 0.762 e. The monoisotopic (exact) mass is 606 g/mol. The van der Waals surface area contributed by atoms with E-state index in [9.17, 15) is 12.9 Å². The number of hydrogen-bond donors (Lipinski definition) is 0. The van der Waals surface area contributed by atoms with Gasteiger partial charge in [0.05, 0.1) is 26.4 Å². The summed E-state index contributed by atoms with van der Waals surface area (Å²) in [5.41, 5.74) is 1.69. The van der Waals surface area contributed by atoms with E-state index in [4.69, 9.17) is 37.9 Å². The molecule has 3 rings (SSSR count). The number of halogens is 4. The van der Waals surface area contributed by atoms with Gasteiger partial charge < -0.3 is 42.6 Å². The van der Waals surface area contributed by atoms with E-state index in [-0.39, 0.29) is 4.70 Å². The number of para-hydroxylation sites is 2. The maximum absolute atomic E-state index is 9.67. The molecule has 0 aliphatic carbocycles. The van der Waals surface area contributed by atoms with Gasteiger partial charge in [-0.3, -0.25) is 12.9 Å². The van der Waals surface area contributed by atoms with Crippen LogP contribution < -0.4 is 28.6 Å². The summed E-state index contributed by atoms with van der Waals surface area (Å²) < 4.78 is 76.1. The number of nitrogens with zero attached hydrogens (tertiary/aromatic N) is 2. The second-order valence-corrected chi connectivity index (χ2v) is 8.32. The highest BCUT2D eigenvalue weighted by Gasteiger charge is 2.32. The molecule has 1 aliphatic heterocycles. The second kappa shape index (κ2) is 21.4. The smallest absolute Gasteiger partial charge is 0.762 e. The van der Waals surface area contributed by atoms with Crippen LogP contribution in [0.1, 0.15) is 0 Å². The van der Waals surface area contributed by atoms with Gasteiger partial charge >= 0.3 is 7.54 Å². The van der Waals surface area contributed by atoms with Crippen LogP contribution in [-0.4, -0.2) is 113 Å². The fraction of sp³-hybridized carbons (Fsp3) is 0.519. The molecule has 42 heavy (non-hydrogen) atoms. The number of benzene rings is 2. The van der Waals surface area contributed by atoms with Crippen LogP contribution in [-0.2, 0) is 18.9 Å². The molecule has 0 unspecified atom stereocenters. The Morgan fingerprint density at radius 1 is 0.643 bits per heavy atom. The van der Waals surface area contributed by atoms with E-state index in [1.807, 2.05) is 42.7 Å². The van der Waals surface area contributed by atoms with Crippen molar-refractivity contribution in [2.75, 3.05) is 99.3 Å². The first-order chi connectivity index (χ1) is 20.0. The minimum Gasteiger partial charge on any atom is -1.00 e. The van der Waals surface area contributed by atoms with Gasteiger partial charge in [-0.05, 0) is 24.3 Å². The first-order valence-electron chi connectivity index (χ1n) is 13.0. The van der Waals surface area contributed by atoms with Crippen molar-refractivity contribution in [3.63, 3.8) is 0 Å². The highest BCUT2D eigenvalue weighted by molar-refractivity contribution is 6.33. The predicted molar refractivity (Wildman–Crippen MR) is 150 cm³/mol. The summed E-state index contributed by atoms with van der Waals surface area (Å²) in [4.78, 5) is 2.12. The molecule has 10 nitrogen and oxygen atoms in total. The lowest BCUT2D eigenvalue weighted by atomic mass is 10.2. The molecular weight excluding hydrogens is 567 g/mol. The molecule has 0 saturated heterocycles. The lowest BCUT2D eigenvalue weighted by Gasteiger charge is -2.17. The molecule has 0 spiro atoms. The van der Waals surface area contributed by atoms with Gasteiger partial charge in [0, 0.05) is 28.4 Å². The summed E-state index contributed by atoms with van der Waals surface area (Å²) in [6, 6.07) is 11.6. The molecule has 0 aromatic heterocycles. The first-order valence-corrected chi connectivity index (χ1v) is 13.0. The molecule has 2 aromatic carbocycles. The van der Waals surface area contributed by atoms with Crippen LogP contribution in [0, 0.1) is 0 Å². The van der Waals surface area contributed by atoms with Crippen molar-refractivity contribution in [1.82, 2.24) is 0 Å². The van der Waals surface area contributed by atoms with Gasteiger partial charge in [-0.1, -0.05) is 12.1 Å². The maximum atomic E-state index is 9.67. The highest BCUT2D eigenvalue weighted by Crippen LogP contribution is 2.41. The largest absolute Gasteiger partial charge is 1.00 e. The SMILES string of the molecule is COCCOc1cccc(OCCOC)c1N1C=[N+](c2c(OCCOC)cccc2OCCOC)CC1.FB(F)F.[F-]. The minimum atomic E-state index is -3.67. The summed E-state index contributed by atoms with van der Waals surface area (Å²) in [5, 5.41) is 0. The molecule has 0 N–H and O–H groups in total. The van der Waals surface area contributed by atoms with Crippen LogP contribution in [0.3, 0.4) is 0 Å². The van der Waals surface area contributed by atoms with E-state index in [1.165, 1.54) is 0 Å². The average Bonchev–Trinajstić information content (AvgIpc) is 3.43. The Balaban J connectivity index is 0.00000165. The molecule has 0 radical (unpaired) electrons. The molecule has 2 aromatic rings. The van der Waals surface area contributed by atoms with Crippen molar-refractivity contribution < 1.29 is 60.1 Å². The van der Waals surface area contributed by atoms with Crippen molar-refractivity contribution in [3.05, 3.63) is 36.4 Å². The third-order valence-corrected chi connectivity index (χ3v) is 5.54. The second-order valence-electron chi connectivity index (χ2n) is 8.32. The average molecular weight is 606 g/mol. The van der Waals surface area contributed by atoms with Crippen LogP contribution in [0.15, 0.2) is 36.4 Å².